The highest BCUT2D eigenvalue weighted by molar-refractivity contribution is 6.02. The summed E-state index contributed by atoms with van der Waals surface area (Å²) in [5.74, 6) is 0.956. The average Bonchev–Trinajstić information content (AvgIpc) is 3.26. The van der Waals surface area contributed by atoms with Crippen molar-refractivity contribution in [2.45, 2.75) is 47.8 Å². The summed E-state index contributed by atoms with van der Waals surface area (Å²) < 4.78 is 7.33. The fraction of sp³-hybridized carbons (Fsp3) is 0.333. The predicted molar refractivity (Wildman–Crippen MR) is 116 cm³/mol. The summed E-state index contributed by atoms with van der Waals surface area (Å²) in [5, 5.41) is 6.89. The molecule has 0 radical (unpaired) electrons. The van der Waals surface area contributed by atoms with Gasteiger partial charge in [-0.1, -0.05) is 27.7 Å². The molecule has 0 aliphatic rings. The first-order valence-corrected chi connectivity index (χ1v) is 9.78. The Labute approximate surface area is 172 Å². The van der Waals surface area contributed by atoms with Crippen LogP contribution in [0.3, 0.4) is 0 Å². The number of carbonyl (C=O) groups is 1. The van der Waals surface area contributed by atoms with Gasteiger partial charge in [0.2, 0.25) is 0 Å². The van der Waals surface area contributed by atoms with Gasteiger partial charge in [-0.3, -0.25) is 9.48 Å². The number of nitrogens with zero attached hydrogens (tertiary/aromatic N) is 4. The molecule has 0 aliphatic heterocycles. The van der Waals surface area contributed by atoms with Crippen molar-refractivity contribution < 1.29 is 9.53 Å². The fourth-order valence-corrected chi connectivity index (χ4v) is 2.16. The zero-order valence-electron chi connectivity index (χ0n) is 17.7. The molecule has 3 heterocycles. The summed E-state index contributed by atoms with van der Waals surface area (Å²) in [5.41, 5.74) is 6.93. The van der Waals surface area contributed by atoms with Crippen LogP contribution in [-0.2, 0) is 13.2 Å². The van der Waals surface area contributed by atoms with Crippen LogP contribution in [0, 0.1) is 0 Å². The maximum absolute atomic E-state index is 12.2. The summed E-state index contributed by atoms with van der Waals surface area (Å²) in [4.78, 5) is 20.3. The van der Waals surface area contributed by atoms with Gasteiger partial charge in [0.1, 0.15) is 12.4 Å². The molecule has 8 nitrogen and oxygen atoms in total. The van der Waals surface area contributed by atoms with Crippen LogP contribution in [0.5, 0.6) is 5.75 Å². The molecule has 0 saturated carbocycles. The van der Waals surface area contributed by atoms with Gasteiger partial charge in [-0.2, -0.15) is 5.10 Å². The third-order valence-electron chi connectivity index (χ3n) is 3.46. The zero-order chi connectivity index (χ0) is 21.6. The summed E-state index contributed by atoms with van der Waals surface area (Å²) in [7, 11) is 0. The Bertz CT molecular complexity index is 879. The van der Waals surface area contributed by atoms with E-state index in [0.717, 1.165) is 5.56 Å². The number of ether oxygens (including phenoxy) is 1. The van der Waals surface area contributed by atoms with Gasteiger partial charge in [-0.15, -0.1) is 0 Å². The molecule has 8 heteroatoms. The second kappa shape index (κ2) is 12.9. The number of nitrogen functional groups attached to an aromatic ring is 1. The normalized spacial score (nSPS) is 9.41. The third-order valence-corrected chi connectivity index (χ3v) is 3.46. The van der Waals surface area contributed by atoms with Gasteiger partial charge < -0.3 is 15.8 Å². The number of aryl methyl sites for hydroxylation is 1. The third kappa shape index (κ3) is 7.25. The van der Waals surface area contributed by atoms with Gasteiger partial charge >= 0.3 is 0 Å². The molecule has 0 unspecified atom stereocenters. The fourth-order valence-electron chi connectivity index (χ4n) is 2.16. The first-order valence-electron chi connectivity index (χ1n) is 9.78. The van der Waals surface area contributed by atoms with Crippen LogP contribution in [0.15, 0.2) is 48.9 Å². The summed E-state index contributed by atoms with van der Waals surface area (Å²) in [6, 6.07) is 8.70. The molecule has 0 saturated heterocycles. The lowest BCUT2D eigenvalue weighted by Gasteiger charge is -2.09. The second-order valence-electron chi connectivity index (χ2n) is 5.24. The molecule has 0 bridgehead atoms. The van der Waals surface area contributed by atoms with Crippen molar-refractivity contribution in [2.75, 3.05) is 11.1 Å². The van der Waals surface area contributed by atoms with Gasteiger partial charge in [0.15, 0.2) is 17.3 Å². The Morgan fingerprint density at radius 2 is 1.90 bits per heavy atom. The van der Waals surface area contributed by atoms with Crippen molar-refractivity contribution in [1.82, 2.24) is 19.7 Å². The number of nitrogens with two attached hydrogens (primary N) is 1. The van der Waals surface area contributed by atoms with Crippen LogP contribution < -0.4 is 15.8 Å². The van der Waals surface area contributed by atoms with Gasteiger partial charge in [-0.05, 0) is 42.8 Å². The molecular weight excluding hydrogens is 368 g/mol. The van der Waals surface area contributed by atoms with E-state index in [2.05, 4.69) is 20.4 Å². The van der Waals surface area contributed by atoms with E-state index in [1.54, 1.807) is 53.6 Å². The Balaban J connectivity index is 0.000000989. The number of hydrogen-bond donors (Lipinski definition) is 2. The zero-order valence-corrected chi connectivity index (χ0v) is 17.7. The standard InChI is InChI=1S/C17H18N6O2.2C2H6/c1-2-23-9-6-13(22-23)17(24)21-15-10-12(5-8-19-15)11-25-14-4-3-7-20-16(14)18;2*1-2/h3-10H,2,11H2,1H3,(H2,18,20)(H,19,21,24);2*1-2H3. The van der Waals surface area contributed by atoms with E-state index in [1.807, 2.05) is 34.6 Å². The van der Waals surface area contributed by atoms with Gasteiger partial charge in [0, 0.05) is 25.1 Å². The monoisotopic (exact) mass is 398 g/mol. The quantitative estimate of drug-likeness (QED) is 0.645. The molecule has 0 aliphatic carbocycles. The molecule has 1 amide bonds. The molecule has 3 aromatic rings. The minimum Gasteiger partial charge on any atom is -0.485 e. The predicted octanol–water partition coefficient (Wildman–Crippen LogP) is 4.16. The summed E-state index contributed by atoms with van der Waals surface area (Å²) >= 11 is 0. The molecule has 0 atom stereocenters. The van der Waals surface area contributed by atoms with Crippen LogP contribution in [0.4, 0.5) is 11.6 Å². The minimum absolute atomic E-state index is 0.283. The SMILES string of the molecule is CC.CC.CCn1ccc(C(=O)Nc2cc(COc3cccnc3N)ccn2)n1. The lowest BCUT2D eigenvalue weighted by atomic mass is 10.2. The average molecular weight is 399 g/mol. The van der Waals surface area contributed by atoms with E-state index in [0.29, 0.717) is 29.6 Å². The Hall–Kier alpha value is -3.42. The smallest absolute Gasteiger partial charge is 0.277 e. The molecule has 3 aromatic heterocycles. The highest BCUT2D eigenvalue weighted by Gasteiger charge is 2.10. The van der Waals surface area contributed by atoms with E-state index in [-0.39, 0.29) is 12.5 Å². The molecular formula is C21H30N6O2. The Morgan fingerprint density at radius 3 is 2.55 bits per heavy atom. The largest absolute Gasteiger partial charge is 0.485 e. The Morgan fingerprint density at radius 1 is 1.14 bits per heavy atom. The number of aromatic nitrogens is 4. The summed E-state index contributed by atoms with van der Waals surface area (Å²) in [6.07, 6.45) is 4.96. The van der Waals surface area contributed by atoms with Crippen LogP contribution in [0.25, 0.3) is 0 Å². The first-order chi connectivity index (χ1) is 14.2. The van der Waals surface area contributed by atoms with E-state index in [4.69, 9.17) is 10.5 Å². The molecule has 29 heavy (non-hydrogen) atoms. The van der Waals surface area contributed by atoms with Crippen LogP contribution >= 0.6 is 0 Å². The lowest BCUT2D eigenvalue weighted by molar-refractivity contribution is 0.102. The van der Waals surface area contributed by atoms with Crippen molar-refractivity contribution in [3.05, 3.63) is 60.2 Å². The highest BCUT2D eigenvalue weighted by Crippen LogP contribution is 2.19. The highest BCUT2D eigenvalue weighted by atomic mass is 16.5. The molecule has 0 fully saturated rings. The van der Waals surface area contributed by atoms with Crippen LogP contribution in [0.2, 0.25) is 0 Å². The second-order valence-corrected chi connectivity index (χ2v) is 5.24. The Kier molecular flexibility index (Phi) is 10.5. The van der Waals surface area contributed by atoms with E-state index >= 15 is 0 Å². The molecule has 156 valence electrons. The van der Waals surface area contributed by atoms with Gasteiger partial charge in [0.05, 0.1) is 0 Å². The van der Waals surface area contributed by atoms with E-state index < -0.39 is 0 Å². The minimum atomic E-state index is -0.311. The van der Waals surface area contributed by atoms with Crippen molar-refractivity contribution in [3.63, 3.8) is 0 Å². The first kappa shape index (κ1) is 23.6. The number of nitrogens with one attached hydrogen (secondary N) is 1. The number of amides is 1. The van der Waals surface area contributed by atoms with Crippen molar-refractivity contribution in [3.8, 4) is 5.75 Å². The number of carbonyl (C=O) groups excluding carboxylic acids is 1. The summed E-state index contributed by atoms with van der Waals surface area (Å²) in [6.45, 7) is 10.9. The lowest BCUT2D eigenvalue weighted by Crippen LogP contribution is -2.14. The molecule has 3 N–H and O–H groups in total. The number of rotatable bonds is 6. The van der Waals surface area contributed by atoms with Gasteiger partial charge in [0.25, 0.3) is 5.91 Å². The molecule has 0 spiro atoms. The number of pyridine rings is 2. The van der Waals surface area contributed by atoms with E-state index in [9.17, 15) is 4.79 Å². The topological polar surface area (TPSA) is 108 Å². The van der Waals surface area contributed by atoms with Crippen molar-refractivity contribution in [2.24, 2.45) is 0 Å². The maximum atomic E-state index is 12.2. The van der Waals surface area contributed by atoms with Crippen molar-refractivity contribution in [1.29, 1.82) is 0 Å². The van der Waals surface area contributed by atoms with Gasteiger partial charge in [-0.25, -0.2) is 9.97 Å². The van der Waals surface area contributed by atoms with Crippen LogP contribution in [0.1, 0.15) is 50.7 Å². The number of anilines is 2. The maximum Gasteiger partial charge on any atom is 0.277 e. The van der Waals surface area contributed by atoms with Crippen LogP contribution in [-0.4, -0.2) is 25.7 Å². The van der Waals surface area contributed by atoms with E-state index in [1.165, 1.54) is 0 Å². The molecule has 0 aromatic carbocycles. The van der Waals surface area contributed by atoms with Crippen molar-refractivity contribution >= 4 is 17.5 Å². The molecule has 3 rings (SSSR count). The number of hydrogen-bond acceptors (Lipinski definition) is 6.